The van der Waals surface area contributed by atoms with Gasteiger partial charge in [0.2, 0.25) is 0 Å². The molecule has 0 bridgehead atoms. The fraction of sp³-hybridized carbons (Fsp3) is 0.667. The summed E-state index contributed by atoms with van der Waals surface area (Å²) in [7, 11) is 0. The zero-order valence-electron chi connectivity index (χ0n) is 17.6. The van der Waals surface area contributed by atoms with Crippen molar-refractivity contribution in [3.8, 4) is 0 Å². The van der Waals surface area contributed by atoms with Crippen molar-refractivity contribution < 1.29 is 9.47 Å². The molecule has 2 saturated heterocycles. The molecule has 1 aromatic carbocycles. The highest BCUT2D eigenvalue weighted by Gasteiger charge is 2.14. The molecule has 0 radical (unpaired) electrons. The van der Waals surface area contributed by atoms with Crippen LogP contribution in [0.3, 0.4) is 0 Å². The van der Waals surface area contributed by atoms with E-state index < -0.39 is 0 Å². The van der Waals surface area contributed by atoms with E-state index in [0.717, 1.165) is 84.6 Å². The Morgan fingerprint density at radius 1 is 1.00 bits per heavy atom. The lowest BCUT2D eigenvalue weighted by Crippen LogP contribution is -2.40. The number of anilines is 1. The number of aliphatic imine (C=N–C) groups is 1. The molecule has 0 unspecified atom stereocenters. The minimum atomic E-state index is 0. The maximum Gasteiger partial charge on any atom is 0.191 e. The lowest BCUT2D eigenvalue weighted by atomic mass is 10.1. The van der Waals surface area contributed by atoms with Crippen LogP contribution in [0.1, 0.15) is 18.9 Å². The number of para-hydroxylation sites is 1. The maximum absolute atomic E-state index is 5.49. The Morgan fingerprint density at radius 2 is 1.69 bits per heavy atom. The summed E-state index contributed by atoms with van der Waals surface area (Å²) >= 11 is 0. The third-order valence-corrected chi connectivity index (χ3v) is 5.14. The average Bonchev–Trinajstić information content (AvgIpc) is 2.76. The average molecular weight is 517 g/mol. The van der Waals surface area contributed by atoms with Gasteiger partial charge in [0.05, 0.1) is 33.0 Å². The number of hydrogen-bond donors (Lipinski definition) is 2. The topological polar surface area (TPSA) is 61.4 Å². The van der Waals surface area contributed by atoms with Crippen LogP contribution < -0.4 is 15.5 Å². The Balaban J connectivity index is 0.00000300. The van der Waals surface area contributed by atoms with Crippen molar-refractivity contribution in [1.82, 2.24) is 15.5 Å². The zero-order chi connectivity index (χ0) is 19.4. The highest BCUT2D eigenvalue weighted by Crippen LogP contribution is 2.22. The van der Waals surface area contributed by atoms with E-state index in [1.807, 2.05) is 0 Å². The summed E-state index contributed by atoms with van der Waals surface area (Å²) in [6.07, 6.45) is 1.11. The van der Waals surface area contributed by atoms with Crippen molar-refractivity contribution in [3.05, 3.63) is 29.8 Å². The van der Waals surface area contributed by atoms with Gasteiger partial charge in [0.25, 0.3) is 0 Å². The SMILES string of the molecule is CCNC(=NCc1ccccc1N1CCOCC1)NCCCN1CCOCC1.I. The quantitative estimate of drug-likeness (QED) is 0.238. The summed E-state index contributed by atoms with van der Waals surface area (Å²) in [6.45, 7) is 13.0. The molecule has 2 N–H and O–H groups in total. The van der Waals surface area contributed by atoms with Gasteiger partial charge in [0.15, 0.2) is 5.96 Å². The second-order valence-electron chi connectivity index (χ2n) is 7.16. The molecule has 7 nitrogen and oxygen atoms in total. The molecule has 2 heterocycles. The van der Waals surface area contributed by atoms with E-state index in [1.54, 1.807) is 0 Å². The molecule has 0 aliphatic carbocycles. The molecule has 0 aromatic heterocycles. The number of guanidine groups is 1. The minimum absolute atomic E-state index is 0. The van der Waals surface area contributed by atoms with Gasteiger partial charge in [-0.3, -0.25) is 4.90 Å². The predicted octanol–water partition coefficient (Wildman–Crippen LogP) is 1.92. The Labute approximate surface area is 192 Å². The van der Waals surface area contributed by atoms with Gasteiger partial charge < -0.3 is 25.0 Å². The molecule has 0 atom stereocenters. The monoisotopic (exact) mass is 517 g/mol. The van der Waals surface area contributed by atoms with Crippen molar-refractivity contribution in [1.29, 1.82) is 0 Å². The number of morpholine rings is 2. The molecular weight excluding hydrogens is 481 g/mol. The van der Waals surface area contributed by atoms with E-state index >= 15 is 0 Å². The van der Waals surface area contributed by atoms with Gasteiger partial charge in [-0.2, -0.15) is 0 Å². The number of nitrogens with one attached hydrogen (secondary N) is 2. The summed E-state index contributed by atoms with van der Waals surface area (Å²) in [5.41, 5.74) is 2.53. The standard InChI is InChI=1S/C21H35N5O2.HI/c1-2-22-21(23-8-5-9-25-10-14-27-15-11-25)24-18-19-6-3-4-7-20(19)26-12-16-28-17-13-26;/h3-4,6-7H,2,5,8-18H2,1H3,(H2,22,23,24);1H. The van der Waals surface area contributed by atoms with Crippen LogP contribution in [-0.2, 0) is 16.0 Å². The molecular formula is C21H36IN5O2. The van der Waals surface area contributed by atoms with E-state index in [2.05, 4.69) is 51.6 Å². The van der Waals surface area contributed by atoms with Gasteiger partial charge in [-0.1, -0.05) is 18.2 Å². The molecule has 0 saturated carbocycles. The molecule has 8 heteroatoms. The van der Waals surface area contributed by atoms with E-state index in [0.29, 0.717) is 6.54 Å². The molecule has 0 amide bonds. The number of nitrogens with zero attached hydrogens (tertiary/aromatic N) is 3. The molecule has 0 spiro atoms. The molecule has 2 aliphatic rings. The second-order valence-corrected chi connectivity index (χ2v) is 7.16. The minimum Gasteiger partial charge on any atom is -0.379 e. The maximum atomic E-state index is 5.49. The highest BCUT2D eigenvalue weighted by molar-refractivity contribution is 14.0. The van der Waals surface area contributed by atoms with Crippen LogP contribution in [-0.4, -0.2) is 83.1 Å². The summed E-state index contributed by atoms with van der Waals surface area (Å²) < 4.78 is 10.9. The second kappa shape index (κ2) is 14.0. The first-order valence-corrected chi connectivity index (χ1v) is 10.6. The van der Waals surface area contributed by atoms with Crippen LogP contribution in [0.2, 0.25) is 0 Å². The van der Waals surface area contributed by atoms with Crippen LogP contribution in [0, 0.1) is 0 Å². The van der Waals surface area contributed by atoms with Gasteiger partial charge >= 0.3 is 0 Å². The third-order valence-electron chi connectivity index (χ3n) is 5.14. The van der Waals surface area contributed by atoms with Gasteiger partial charge in [-0.15, -0.1) is 24.0 Å². The number of rotatable bonds is 8. The Bertz CT molecular complexity index is 604. The fourth-order valence-electron chi connectivity index (χ4n) is 3.60. The van der Waals surface area contributed by atoms with Crippen LogP contribution in [0.25, 0.3) is 0 Å². The van der Waals surface area contributed by atoms with E-state index in [4.69, 9.17) is 14.5 Å². The van der Waals surface area contributed by atoms with Crippen molar-refractivity contribution >= 4 is 35.6 Å². The normalized spacial score (nSPS) is 18.2. The summed E-state index contributed by atoms with van der Waals surface area (Å²) in [6, 6.07) is 8.57. The van der Waals surface area contributed by atoms with Crippen LogP contribution in [0.5, 0.6) is 0 Å². The third kappa shape index (κ3) is 8.27. The fourth-order valence-corrected chi connectivity index (χ4v) is 3.60. The first-order chi connectivity index (χ1) is 13.9. The Morgan fingerprint density at radius 3 is 2.41 bits per heavy atom. The van der Waals surface area contributed by atoms with Crippen LogP contribution >= 0.6 is 24.0 Å². The molecule has 164 valence electrons. The van der Waals surface area contributed by atoms with Crippen LogP contribution in [0.4, 0.5) is 5.69 Å². The summed E-state index contributed by atoms with van der Waals surface area (Å²) in [5, 5.41) is 6.84. The Kier molecular flexibility index (Phi) is 11.7. The molecule has 3 rings (SSSR count). The van der Waals surface area contributed by atoms with Gasteiger partial charge in [-0.25, -0.2) is 4.99 Å². The molecule has 29 heavy (non-hydrogen) atoms. The van der Waals surface area contributed by atoms with E-state index in [1.165, 1.54) is 11.3 Å². The number of ether oxygens (including phenoxy) is 2. The first-order valence-electron chi connectivity index (χ1n) is 10.6. The van der Waals surface area contributed by atoms with Crippen molar-refractivity contribution in [2.75, 3.05) is 77.1 Å². The summed E-state index contributed by atoms with van der Waals surface area (Å²) in [4.78, 5) is 9.69. The molecule has 1 aromatic rings. The molecule has 2 aliphatic heterocycles. The number of benzene rings is 1. The zero-order valence-corrected chi connectivity index (χ0v) is 19.9. The Hall–Kier alpha value is -1.10. The van der Waals surface area contributed by atoms with Crippen molar-refractivity contribution in [2.24, 2.45) is 4.99 Å². The largest absolute Gasteiger partial charge is 0.379 e. The van der Waals surface area contributed by atoms with Crippen molar-refractivity contribution in [2.45, 2.75) is 19.9 Å². The lowest BCUT2D eigenvalue weighted by Gasteiger charge is -2.30. The van der Waals surface area contributed by atoms with Gasteiger partial charge in [-0.05, 0) is 31.5 Å². The van der Waals surface area contributed by atoms with Crippen LogP contribution in [0.15, 0.2) is 29.3 Å². The highest BCUT2D eigenvalue weighted by atomic mass is 127. The van der Waals surface area contributed by atoms with Gasteiger partial charge in [0.1, 0.15) is 0 Å². The smallest absolute Gasteiger partial charge is 0.191 e. The summed E-state index contributed by atoms with van der Waals surface area (Å²) in [5.74, 6) is 0.890. The lowest BCUT2D eigenvalue weighted by molar-refractivity contribution is 0.0376. The number of halogens is 1. The number of hydrogen-bond acceptors (Lipinski definition) is 5. The predicted molar refractivity (Wildman–Crippen MR) is 130 cm³/mol. The van der Waals surface area contributed by atoms with E-state index in [-0.39, 0.29) is 24.0 Å². The van der Waals surface area contributed by atoms with Gasteiger partial charge in [0, 0.05) is 45.0 Å². The molecule has 2 fully saturated rings. The van der Waals surface area contributed by atoms with E-state index in [9.17, 15) is 0 Å². The first kappa shape index (κ1) is 24.2. The van der Waals surface area contributed by atoms with Crippen molar-refractivity contribution in [3.63, 3.8) is 0 Å².